The van der Waals surface area contributed by atoms with E-state index in [0.717, 1.165) is 25.7 Å². The van der Waals surface area contributed by atoms with Crippen LogP contribution in [-0.4, -0.2) is 25.7 Å². The van der Waals surface area contributed by atoms with Gasteiger partial charge in [-0.25, -0.2) is 0 Å². The van der Waals surface area contributed by atoms with Crippen molar-refractivity contribution in [3.8, 4) is 0 Å². The van der Waals surface area contributed by atoms with Gasteiger partial charge < -0.3 is 0 Å². The molecule has 1 fully saturated rings. The van der Waals surface area contributed by atoms with Crippen LogP contribution in [0, 0.1) is 0 Å². The van der Waals surface area contributed by atoms with E-state index < -0.39 is 5.60 Å². The van der Waals surface area contributed by atoms with Crippen molar-refractivity contribution in [3.63, 3.8) is 0 Å². The van der Waals surface area contributed by atoms with Crippen LogP contribution in [-0.2, 0) is 0 Å². The molecule has 3 rings (SSSR count). The van der Waals surface area contributed by atoms with Crippen LogP contribution in [0.15, 0.2) is 65.1 Å². The Labute approximate surface area is 139 Å². The van der Waals surface area contributed by atoms with Crippen LogP contribution in [0.3, 0.4) is 0 Å². The van der Waals surface area contributed by atoms with E-state index in [-0.39, 0.29) is 15.0 Å². The van der Waals surface area contributed by atoms with Gasteiger partial charge in [-0.15, -0.1) is 0 Å². The van der Waals surface area contributed by atoms with Crippen LogP contribution in [0.1, 0.15) is 37.7 Å². The van der Waals surface area contributed by atoms with E-state index in [1.165, 1.54) is 20.9 Å². The third kappa shape index (κ3) is 3.89. The first-order chi connectivity index (χ1) is 10.8. The molecule has 1 aliphatic rings. The van der Waals surface area contributed by atoms with Gasteiger partial charge in [-0.1, -0.05) is 0 Å². The van der Waals surface area contributed by atoms with E-state index in [1.54, 1.807) is 0 Å². The topological polar surface area (TPSA) is 20.2 Å². The molecule has 114 valence electrons. The summed E-state index contributed by atoms with van der Waals surface area (Å²) in [6, 6.07) is 21.0. The fourth-order valence-corrected chi connectivity index (χ4v) is 5.34. The molecule has 1 N–H and O–H groups in total. The predicted molar refractivity (Wildman–Crippen MR) is 94.3 cm³/mol. The maximum absolute atomic E-state index is 11.2. The summed E-state index contributed by atoms with van der Waals surface area (Å²) < 4.78 is 2.55. The molecule has 22 heavy (non-hydrogen) atoms. The zero-order valence-electron chi connectivity index (χ0n) is 12.7. The Morgan fingerprint density at radius 3 is 2.09 bits per heavy atom. The summed E-state index contributed by atoms with van der Waals surface area (Å²) >= 11 is 0.170. The van der Waals surface area contributed by atoms with Gasteiger partial charge in [0.05, 0.1) is 0 Å². The Hall–Kier alpha value is -1.34. The van der Waals surface area contributed by atoms with Crippen molar-refractivity contribution < 1.29 is 5.11 Å². The molecule has 0 unspecified atom stereocenters. The molecule has 0 bridgehead atoms. The van der Waals surface area contributed by atoms with Crippen LogP contribution in [0.25, 0.3) is 6.08 Å². The molecule has 0 heterocycles. The Kier molecular flexibility index (Phi) is 5.15. The van der Waals surface area contributed by atoms with Crippen molar-refractivity contribution >= 4 is 25.5 Å². The van der Waals surface area contributed by atoms with E-state index >= 15 is 0 Å². The zero-order chi connectivity index (χ0) is 15.3. The molecule has 0 radical (unpaired) electrons. The maximum atomic E-state index is 11.2. The minimum absolute atomic E-state index is 0.170. The number of hydrogen-bond donors (Lipinski definition) is 1. The van der Waals surface area contributed by atoms with Gasteiger partial charge in [0, 0.05) is 0 Å². The molecule has 0 amide bonds. The van der Waals surface area contributed by atoms with Gasteiger partial charge in [-0.3, -0.25) is 0 Å². The summed E-state index contributed by atoms with van der Waals surface area (Å²) in [5.41, 5.74) is 0.582. The number of rotatable bonds is 4. The quantitative estimate of drug-likeness (QED) is 0.827. The summed E-state index contributed by atoms with van der Waals surface area (Å²) in [7, 11) is 0. The molecule has 0 aliphatic heterocycles. The summed E-state index contributed by atoms with van der Waals surface area (Å²) in [6.07, 6.45) is 7.54. The molecule has 2 aromatic carbocycles. The summed E-state index contributed by atoms with van der Waals surface area (Å²) in [5.74, 6) is 0. The first kappa shape index (κ1) is 15.6. The number of hydrogen-bond acceptors (Lipinski definition) is 1. The molecule has 0 spiro atoms. The van der Waals surface area contributed by atoms with Gasteiger partial charge >= 0.3 is 139 Å². The standard InChI is InChI=1S/C20H22OSe/c21-20(14-8-3-9-15-20)19(16-17-10-4-1-5-11-17)22-18-12-6-2-7-13-18/h1-2,4-7,10-13,16,21H,3,8-9,14-15H2/b19-16-. The van der Waals surface area contributed by atoms with Gasteiger partial charge in [0.15, 0.2) is 0 Å². The SMILES string of the molecule is OC1(/C(=C/c2ccccc2)[Se]c2ccccc2)CCCCC1. The second kappa shape index (κ2) is 7.28. The van der Waals surface area contributed by atoms with Crippen LogP contribution in [0.2, 0.25) is 0 Å². The van der Waals surface area contributed by atoms with Gasteiger partial charge in [-0.05, 0) is 0 Å². The molecule has 2 aromatic rings. The number of aliphatic hydroxyl groups is 1. The second-order valence-electron chi connectivity index (χ2n) is 5.93. The monoisotopic (exact) mass is 358 g/mol. The molecule has 1 saturated carbocycles. The average molecular weight is 357 g/mol. The van der Waals surface area contributed by atoms with Crippen LogP contribution < -0.4 is 4.46 Å². The predicted octanol–water partition coefficient (Wildman–Crippen LogP) is 3.75. The Morgan fingerprint density at radius 1 is 0.864 bits per heavy atom. The Balaban J connectivity index is 1.93. The molecule has 0 saturated heterocycles. The molecule has 1 aliphatic carbocycles. The van der Waals surface area contributed by atoms with E-state index in [1.807, 2.05) is 6.07 Å². The van der Waals surface area contributed by atoms with Gasteiger partial charge in [-0.2, -0.15) is 0 Å². The Morgan fingerprint density at radius 2 is 1.45 bits per heavy atom. The number of benzene rings is 2. The van der Waals surface area contributed by atoms with Crippen molar-refractivity contribution in [1.82, 2.24) is 0 Å². The second-order valence-corrected chi connectivity index (χ2v) is 8.27. The van der Waals surface area contributed by atoms with Crippen LogP contribution >= 0.6 is 0 Å². The average Bonchev–Trinajstić information content (AvgIpc) is 2.57. The van der Waals surface area contributed by atoms with Crippen molar-refractivity contribution in [2.75, 3.05) is 0 Å². The fraction of sp³-hybridized carbons (Fsp3) is 0.300. The zero-order valence-corrected chi connectivity index (χ0v) is 14.5. The minimum atomic E-state index is -0.607. The first-order valence-electron chi connectivity index (χ1n) is 7.99. The molecule has 1 nitrogen and oxygen atoms in total. The van der Waals surface area contributed by atoms with Crippen LogP contribution in [0.5, 0.6) is 0 Å². The molecular formula is C20H22OSe. The third-order valence-corrected chi connectivity index (χ3v) is 6.78. The van der Waals surface area contributed by atoms with Crippen molar-refractivity contribution in [1.29, 1.82) is 0 Å². The van der Waals surface area contributed by atoms with Crippen molar-refractivity contribution in [3.05, 3.63) is 70.7 Å². The fourth-order valence-electron chi connectivity index (χ4n) is 2.96. The molecule has 2 heteroatoms. The van der Waals surface area contributed by atoms with Crippen molar-refractivity contribution in [2.24, 2.45) is 0 Å². The summed E-state index contributed by atoms with van der Waals surface area (Å²) in [5, 5.41) is 11.2. The summed E-state index contributed by atoms with van der Waals surface area (Å²) in [4.78, 5) is 0. The summed E-state index contributed by atoms with van der Waals surface area (Å²) in [6.45, 7) is 0. The Bertz CT molecular complexity index is 613. The first-order valence-corrected chi connectivity index (χ1v) is 9.70. The molecule has 0 atom stereocenters. The third-order valence-electron chi connectivity index (χ3n) is 4.21. The molecular weight excluding hydrogens is 335 g/mol. The van der Waals surface area contributed by atoms with Gasteiger partial charge in [0.25, 0.3) is 0 Å². The van der Waals surface area contributed by atoms with Gasteiger partial charge in [0.1, 0.15) is 0 Å². The normalized spacial score (nSPS) is 18.1. The van der Waals surface area contributed by atoms with E-state index in [2.05, 4.69) is 60.7 Å². The molecule has 0 aromatic heterocycles. The van der Waals surface area contributed by atoms with E-state index in [0.29, 0.717) is 0 Å². The van der Waals surface area contributed by atoms with Crippen molar-refractivity contribution in [2.45, 2.75) is 37.7 Å². The van der Waals surface area contributed by atoms with E-state index in [9.17, 15) is 5.11 Å². The van der Waals surface area contributed by atoms with E-state index in [4.69, 9.17) is 0 Å². The van der Waals surface area contributed by atoms with Crippen LogP contribution in [0.4, 0.5) is 0 Å². The van der Waals surface area contributed by atoms with Gasteiger partial charge in [0.2, 0.25) is 0 Å².